The number of hydrogen-bond acceptors (Lipinski definition) is 2. The van der Waals surface area contributed by atoms with E-state index in [0.29, 0.717) is 6.54 Å². The van der Waals surface area contributed by atoms with Crippen molar-refractivity contribution in [2.45, 2.75) is 47.2 Å². The Bertz CT molecular complexity index is 643. The molecule has 5 nitrogen and oxygen atoms in total. The molecule has 0 bridgehead atoms. The van der Waals surface area contributed by atoms with Crippen LogP contribution in [0.25, 0.3) is 0 Å². The van der Waals surface area contributed by atoms with Gasteiger partial charge in [0.25, 0.3) is 0 Å². The molecule has 2 aromatic rings. The zero-order valence-corrected chi connectivity index (χ0v) is 13.7. The highest BCUT2D eigenvalue weighted by Gasteiger charge is 2.11. The molecule has 0 aliphatic heterocycles. The third-order valence-corrected chi connectivity index (χ3v) is 3.88. The van der Waals surface area contributed by atoms with Crippen molar-refractivity contribution in [1.82, 2.24) is 15.1 Å². The fourth-order valence-electron chi connectivity index (χ4n) is 2.47. The normalized spacial score (nSPS) is 10.5. The second kappa shape index (κ2) is 7.11. The number of aromatic nitrogens is 2. The average molecular weight is 300 g/mol. The summed E-state index contributed by atoms with van der Waals surface area (Å²) >= 11 is 0. The van der Waals surface area contributed by atoms with Crippen LogP contribution in [0.1, 0.15) is 36.4 Å². The molecule has 1 aromatic heterocycles. The highest BCUT2D eigenvalue weighted by molar-refractivity contribution is 5.89. The maximum absolute atomic E-state index is 12.0. The first-order valence-corrected chi connectivity index (χ1v) is 7.71. The lowest BCUT2D eigenvalue weighted by Gasteiger charge is -2.09. The summed E-state index contributed by atoms with van der Waals surface area (Å²) in [6.45, 7) is 9.48. The molecule has 0 spiro atoms. The molecular formula is C17H24N4O. The third kappa shape index (κ3) is 3.67. The fourth-order valence-corrected chi connectivity index (χ4v) is 2.47. The first kappa shape index (κ1) is 16.1. The van der Waals surface area contributed by atoms with Gasteiger partial charge in [-0.2, -0.15) is 5.10 Å². The van der Waals surface area contributed by atoms with Gasteiger partial charge in [0.05, 0.1) is 5.69 Å². The molecule has 2 N–H and O–H groups in total. The Hall–Kier alpha value is -2.30. The van der Waals surface area contributed by atoms with Crippen LogP contribution < -0.4 is 10.6 Å². The summed E-state index contributed by atoms with van der Waals surface area (Å²) in [5, 5.41) is 10.2. The molecule has 0 saturated carbocycles. The average Bonchev–Trinajstić information content (AvgIpc) is 2.80. The summed E-state index contributed by atoms with van der Waals surface area (Å²) < 4.78 is 1.95. The largest absolute Gasteiger partial charge is 0.334 e. The van der Waals surface area contributed by atoms with E-state index in [-0.39, 0.29) is 6.03 Å². The van der Waals surface area contributed by atoms with Gasteiger partial charge in [-0.25, -0.2) is 4.79 Å². The van der Waals surface area contributed by atoms with Gasteiger partial charge in [-0.1, -0.05) is 19.1 Å². The third-order valence-electron chi connectivity index (χ3n) is 3.88. The van der Waals surface area contributed by atoms with E-state index in [9.17, 15) is 4.79 Å². The van der Waals surface area contributed by atoms with Gasteiger partial charge in [0.1, 0.15) is 0 Å². The number of benzene rings is 1. The van der Waals surface area contributed by atoms with Crippen LogP contribution in [0.2, 0.25) is 0 Å². The molecule has 2 rings (SSSR count). The molecule has 22 heavy (non-hydrogen) atoms. The van der Waals surface area contributed by atoms with Crippen LogP contribution in [-0.2, 0) is 19.5 Å². The van der Waals surface area contributed by atoms with Crippen LogP contribution in [0.5, 0.6) is 0 Å². The Balaban J connectivity index is 1.93. The van der Waals surface area contributed by atoms with Gasteiger partial charge in [0, 0.05) is 30.0 Å². The molecular weight excluding hydrogens is 276 g/mol. The Morgan fingerprint density at radius 2 is 1.86 bits per heavy atom. The van der Waals surface area contributed by atoms with Gasteiger partial charge in [0.2, 0.25) is 0 Å². The lowest BCUT2D eigenvalue weighted by atomic mass is 10.1. The Morgan fingerprint density at radius 3 is 2.41 bits per heavy atom. The number of hydrogen-bond donors (Lipinski definition) is 2. The Morgan fingerprint density at radius 1 is 1.18 bits per heavy atom. The van der Waals surface area contributed by atoms with Crippen molar-refractivity contribution < 1.29 is 4.79 Å². The van der Waals surface area contributed by atoms with Crippen LogP contribution >= 0.6 is 0 Å². The number of rotatable bonds is 5. The summed E-state index contributed by atoms with van der Waals surface area (Å²) in [7, 11) is 0. The number of urea groups is 1. The van der Waals surface area contributed by atoms with E-state index in [1.807, 2.05) is 42.8 Å². The van der Waals surface area contributed by atoms with E-state index >= 15 is 0 Å². The fraction of sp³-hybridized carbons (Fsp3) is 0.412. The minimum atomic E-state index is -0.202. The number of anilines is 1. The SMILES string of the molecule is CCc1ccc(NC(=O)NCc2c(C)nn(CC)c2C)cc1. The zero-order valence-electron chi connectivity index (χ0n) is 13.7. The molecule has 0 aliphatic rings. The standard InChI is InChI=1S/C17H24N4O/c1-5-14-7-9-15(10-8-14)19-17(22)18-11-16-12(3)20-21(6-2)13(16)4/h7-10H,5-6,11H2,1-4H3,(H2,18,19,22). The molecule has 0 atom stereocenters. The molecule has 0 saturated heterocycles. The van der Waals surface area contributed by atoms with Crippen molar-refractivity contribution in [2.75, 3.05) is 5.32 Å². The molecule has 2 amide bonds. The minimum Gasteiger partial charge on any atom is -0.334 e. The second-order valence-corrected chi connectivity index (χ2v) is 5.32. The van der Waals surface area contributed by atoms with Gasteiger partial charge in [-0.3, -0.25) is 4.68 Å². The van der Waals surface area contributed by atoms with E-state index in [2.05, 4.69) is 29.6 Å². The van der Waals surface area contributed by atoms with Gasteiger partial charge >= 0.3 is 6.03 Å². The molecule has 1 aromatic carbocycles. The van der Waals surface area contributed by atoms with Crippen LogP contribution in [-0.4, -0.2) is 15.8 Å². The van der Waals surface area contributed by atoms with Crippen molar-refractivity contribution in [3.8, 4) is 0 Å². The van der Waals surface area contributed by atoms with Crippen molar-refractivity contribution in [2.24, 2.45) is 0 Å². The monoisotopic (exact) mass is 300 g/mol. The summed E-state index contributed by atoms with van der Waals surface area (Å²) in [5.41, 5.74) is 5.20. The van der Waals surface area contributed by atoms with Crippen molar-refractivity contribution in [1.29, 1.82) is 0 Å². The lowest BCUT2D eigenvalue weighted by Crippen LogP contribution is -2.28. The number of nitrogens with one attached hydrogen (secondary N) is 2. The van der Waals surface area contributed by atoms with E-state index in [1.54, 1.807) is 0 Å². The molecule has 0 radical (unpaired) electrons. The number of aryl methyl sites for hydroxylation is 3. The van der Waals surface area contributed by atoms with Crippen LogP contribution in [0.15, 0.2) is 24.3 Å². The van der Waals surface area contributed by atoms with E-state index in [0.717, 1.165) is 35.6 Å². The first-order chi connectivity index (χ1) is 10.5. The van der Waals surface area contributed by atoms with Crippen LogP contribution in [0.4, 0.5) is 10.5 Å². The Kier molecular flexibility index (Phi) is 5.20. The van der Waals surface area contributed by atoms with Crippen molar-refractivity contribution in [3.63, 3.8) is 0 Å². The smallest absolute Gasteiger partial charge is 0.319 e. The van der Waals surface area contributed by atoms with Gasteiger partial charge in [-0.15, -0.1) is 0 Å². The highest BCUT2D eigenvalue weighted by Crippen LogP contribution is 2.13. The van der Waals surface area contributed by atoms with Crippen molar-refractivity contribution in [3.05, 3.63) is 46.8 Å². The minimum absolute atomic E-state index is 0.202. The summed E-state index contributed by atoms with van der Waals surface area (Å²) in [6.07, 6.45) is 0.993. The second-order valence-electron chi connectivity index (χ2n) is 5.32. The van der Waals surface area contributed by atoms with Crippen LogP contribution in [0, 0.1) is 13.8 Å². The first-order valence-electron chi connectivity index (χ1n) is 7.71. The predicted octanol–water partition coefficient (Wildman–Crippen LogP) is 3.40. The number of carbonyl (C=O) groups is 1. The number of amides is 2. The lowest BCUT2D eigenvalue weighted by molar-refractivity contribution is 0.251. The van der Waals surface area contributed by atoms with E-state index in [1.165, 1.54) is 5.56 Å². The molecule has 5 heteroatoms. The predicted molar refractivity (Wildman–Crippen MR) is 89.1 cm³/mol. The van der Waals surface area contributed by atoms with Crippen LogP contribution in [0.3, 0.4) is 0 Å². The molecule has 0 aliphatic carbocycles. The Labute approximate surface area is 131 Å². The highest BCUT2D eigenvalue weighted by atomic mass is 16.2. The topological polar surface area (TPSA) is 59.0 Å². The summed E-state index contributed by atoms with van der Waals surface area (Å²) in [5.74, 6) is 0. The molecule has 0 unspecified atom stereocenters. The van der Waals surface area contributed by atoms with E-state index in [4.69, 9.17) is 0 Å². The van der Waals surface area contributed by atoms with Gasteiger partial charge < -0.3 is 10.6 Å². The summed E-state index contributed by atoms with van der Waals surface area (Å²) in [6, 6.07) is 7.69. The van der Waals surface area contributed by atoms with Gasteiger partial charge in [-0.05, 0) is 44.9 Å². The maximum atomic E-state index is 12.0. The number of nitrogens with zero attached hydrogens (tertiary/aromatic N) is 2. The quantitative estimate of drug-likeness (QED) is 0.889. The molecule has 0 fully saturated rings. The zero-order chi connectivity index (χ0) is 16.1. The molecule has 118 valence electrons. The number of carbonyl (C=O) groups excluding carboxylic acids is 1. The van der Waals surface area contributed by atoms with Crippen molar-refractivity contribution >= 4 is 11.7 Å². The van der Waals surface area contributed by atoms with Gasteiger partial charge in [0.15, 0.2) is 0 Å². The molecule has 1 heterocycles. The van der Waals surface area contributed by atoms with E-state index < -0.39 is 0 Å². The maximum Gasteiger partial charge on any atom is 0.319 e. The summed E-state index contributed by atoms with van der Waals surface area (Å²) in [4.78, 5) is 12.0.